The highest BCUT2D eigenvalue weighted by molar-refractivity contribution is 5.95. The molecule has 0 radical (unpaired) electrons. The van der Waals surface area contributed by atoms with Gasteiger partial charge in [0.1, 0.15) is 18.5 Å². The van der Waals surface area contributed by atoms with E-state index in [2.05, 4.69) is 0 Å². The Kier molecular flexibility index (Phi) is 6.17. The maximum absolute atomic E-state index is 11.3. The van der Waals surface area contributed by atoms with Crippen molar-refractivity contribution in [2.45, 2.75) is 20.0 Å². The minimum atomic E-state index is 0.0685. The van der Waals surface area contributed by atoms with Crippen LogP contribution >= 0.6 is 0 Å². The predicted molar refractivity (Wildman–Crippen MR) is 78.1 cm³/mol. The lowest BCUT2D eigenvalue weighted by Gasteiger charge is -2.09. The first-order valence-electron chi connectivity index (χ1n) is 7.18. The molecule has 116 valence electrons. The average Bonchev–Trinajstić information content (AvgIpc) is 3.25. The molecule has 0 aliphatic carbocycles. The standard InChI is InChI=1S/C16H22O5/c1-12-9-14(3-4-16(12)13(2)17)20-8-7-18-5-6-19-10-15-11-21-15/h3-4,9,15H,5-8,10-11H2,1-2H3. The number of ether oxygens (including phenoxy) is 4. The summed E-state index contributed by atoms with van der Waals surface area (Å²) >= 11 is 0. The molecule has 1 fully saturated rings. The lowest BCUT2D eigenvalue weighted by molar-refractivity contribution is 0.0317. The molecule has 0 saturated carbocycles. The normalized spacial score (nSPS) is 16.8. The first kappa shape index (κ1) is 15.9. The molecule has 0 amide bonds. The van der Waals surface area contributed by atoms with Crippen LogP contribution in [0.2, 0.25) is 0 Å². The fourth-order valence-electron chi connectivity index (χ4n) is 1.94. The van der Waals surface area contributed by atoms with Gasteiger partial charge in [0.15, 0.2) is 5.78 Å². The molecule has 5 heteroatoms. The zero-order chi connectivity index (χ0) is 15.1. The molecule has 1 aliphatic rings. The van der Waals surface area contributed by atoms with Crippen molar-refractivity contribution in [2.75, 3.05) is 39.6 Å². The van der Waals surface area contributed by atoms with E-state index in [1.807, 2.05) is 19.1 Å². The lowest BCUT2D eigenvalue weighted by Crippen LogP contribution is -2.12. The Morgan fingerprint density at radius 1 is 1.24 bits per heavy atom. The number of carbonyl (C=O) groups excluding carboxylic acids is 1. The third kappa shape index (κ3) is 5.83. The Bertz CT molecular complexity index is 468. The van der Waals surface area contributed by atoms with Crippen molar-refractivity contribution < 1.29 is 23.7 Å². The molecular formula is C16H22O5. The highest BCUT2D eigenvalue weighted by Gasteiger charge is 2.21. The number of aryl methyl sites for hydroxylation is 1. The number of hydrogen-bond acceptors (Lipinski definition) is 5. The van der Waals surface area contributed by atoms with E-state index >= 15 is 0 Å². The van der Waals surface area contributed by atoms with Gasteiger partial charge >= 0.3 is 0 Å². The van der Waals surface area contributed by atoms with Gasteiger partial charge in [0.25, 0.3) is 0 Å². The molecule has 1 atom stereocenters. The van der Waals surface area contributed by atoms with Crippen molar-refractivity contribution in [1.82, 2.24) is 0 Å². The predicted octanol–water partition coefficient (Wildman–Crippen LogP) is 2.01. The van der Waals surface area contributed by atoms with Crippen LogP contribution in [0.1, 0.15) is 22.8 Å². The van der Waals surface area contributed by atoms with E-state index < -0.39 is 0 Å². The van der Waals surface area contributed by atoms with E-state index in [1.165, 1.54) is 0 Å². The van der Waals surface area contributed by atoms with Crippen LogP contribution in [-0.2, 0) is 14.2 Å². The average molecular weight is 294 g/mol. The van der Waals surface area contributed by atoms with Gasteiger partial charge in [-0.25, -0.2) is 0 Å². The van der Waals surface area contributed by atoms with Crippen molar-refractivity contribution in [3.05, 3.63) is 29.3 Å². The van der Waals surface area contributed by atoms with Gasteiger partial charge in [-0.3, -0.25) is 4.79 Å². The van der Waals surface area contributed by atoms with Crippen LogP contribution in [0, 0.1) is 6.92 Å². The van der Waals surface area contributed by atoms with Crippen LogP contribution in [0.25, 0.3) is 0 Å². The Morgan fingerprint density at radius 3 is 2.62 bits per heavy atom. The van der Waals surface area contributed by atoms with Crippen molar-refractivity contribution in [2.24, 2.45) is 0 Å². The number of carbonyl (C=O) groups is 1. The zero-order valence-corrected chi connectivity index (χ0v) is 12.6. The lowest BCUT2D eigenvalue weighted by atomic mass is 10.1. The smallest absolute Gasteiger partial charge is 0.160 e. The number of rotatable bonds is 10. The van der Waals surface area contributed by atoms with Crippen LogP contribution in [0.4, 0.5) is 0 Å². The van der Waals surface area contributed by atoms with E-state index in [0.717, 1.165) is 23.5 Å². The number of Topliss-reactive ketones (excluding diaryl/α,β-unsaturated/α-hetero) is 1. The molecule has 5 nitrogen and oxygen atoms in total. The fraction of sp³-hybridized carbons (Fsp3) is 0.562. The summed E-state index contributed by atoms with van der Waals surface area (Å²) in [6.07, 6.45) is 0.301. The molecule has 1 saturated heterocycles. The Labute approximate surface area is 125 Å². The summed E-state index contributed by atoms with van der Waals surface area (Å²) < 4.78 is 21.4. The third-order valence-electron chi connectivity index (χ3n) is 3.15. The first-order chi connectivity index (χ1) is 10.2. The van der Waals surface area contributed by atoms with Crippen LogP contribution in [0.15, 0.2) is 18.2 Å². The molecule has 0 spiro atoms. The summed E-state index contributed by atoms with van der Waals surface area (Å²) in [5.41, 5.74) is 1.66. The van der Waals surface area contributed by atoms with E-state index in [-0.39, 0.29) is 5.78 Å². The molecule has 1 heterocycles. The van der Waals surface area contributed by atoms with Crippen molar-refractivity contribution in [3.63, 3.8) is 0 Å². The zero-order valence-electron chi connectivity index (χ0n) is 12.6. The van der Waals surface area contributed by atoms with Gasteiger partial charge in [-0.15, -0.1) is 0 Å². The summed E-state index contributed by atoms with van der Waals surface area (Å²) in [7, 11) is 0. The van der Waals surface area contributed by atoms with Crippen LogP contribution in [-0.4, -0.2) is 51.5 Å². The van der Waals surface area contributed by atoms with Crippen LogP contribution in [0.5, 0.6) is 5.75 Å². The Morgan fingerprint density at radius 2 is 1.95 bits per heavy atom. The molecular weight excluding hydrogens is 272 g/mol. The maximum Gasteiger partial charge on any atom is 0.160 e. The van der Waals surface area contributed by atoms with Gasteiger partial charge < -0.3 is 18.9 Å². The van der Waals surface area contributed by atoms with E-state index in [4.69, 9.17) is 18.9 Å². The minimum absolute atomic E-state index is 0.0685. The quantitative estimate of drug-likeness (QED) is 0.375. The number of benzene rings is 1. The summed E-state index contributed by atoms with van der Waals surface area (Å²) in [6.45, 7) is 7.05. The third-order valence-corrected chi connectivity index (χ3v) is 3.15. The molecule has 1 aromatic carbocycles. The van der Waals surface area contributed by atoms with Gasteiger partial charge in [0, 0.05) is 5.56 Å². The first-order valence-corrected chi connectivity index (χ1v) is 7.18. The highest BCUT2D eigenvalue weighted by Crippen LogP contribution is 2.17. The number of epoxide rings is 1. The summed E-state index contributed by atoms with van der Waals surface area (Å²) in [5, 5.41) is 0. The molecule has 0 bridgehead atoms. The summed E-state index contributed by atoms with van der Waals surface area (Å²) in [5.74, 6) is 0.821. The molecule has 1 aromatic rings. The molecule has 0 N–H and O–H groups in total. The molecule has 0 aromatic heterocycles. The Balaban J connectivity index is 1.55. The van der Waals surface area contributed by atoms with E-state index in [0.29, 0.717) is 39.1 Å². The largest absolute Gasteiger partial charge is 0.491 e. The van der Waals surface area contributed by atoms with Gasteiger partial charge in [-0.1, -0.05) is 0 Å². The van der Waals surface area contributed by atoms with Crippen LogP contribution < -0.4 is 4.74 Å². The second-order valence-corrected chi connectivity index (χ2v) is 5.02. The molecule has 21 heavy (non-hydrogen) atoms. The molecule has 1 unspecified atom stereocenters. The summed E-state index contributed by atoms with van der Waals surface area (Å²) in [6, 6.07) is 5.47. The van der Waals surface area contributed by atoms with Gasteiger partial charge in [-0.05, 0) is 37.6 Å². The van der Waals surface area contributed by atoms with Gasteiger partial charge in [0.2, 0.25) is 0 Å². The SMILES string of the molecule is CC(=O)c1ccc(OCCOCCOCC2CO2)cc1C. The van der Waals surface area contributed by atoms with Gasteiger partial charge in [0.05, 0.1) is 33.0 Å². The van der Waals surface area contributed by atoms with E-state index in [9.17, 15) is 4.79 Å². The topological polar surface area (TPSA) is 57.3 Å². The van der Waals surface area contributed by atoms with Crippen molar-refractivity contribution in [3.8, 4) is 5.75 Å². The monoisotopic (exact) mass is 294 g/mol. The minimum Gasteiger partial charge on any atom is -0.491 e. The Hall–Kier alpha value is -1.43. The summed E-state index contributed by atoms with van der Waals surface area (Å²) in [4.78, 5) is 11.3. The van der Waals surface area contributed by atoms with E-state index in [1.54, 1.807) is 13.0 Å². The maximum atomic E-state index is 11.3. The van der Waals surface area contributed by atoms with Crippen molar-refractivity contribution >= 4 is 5.78 Å². The molecule has 1 aliphatic heterocycles. The van der Waals surface area contributed by atoms with Crippen molar-refractivity contribution in [1.29, 1.82) is 0 Å². The second kappa shape index (κ2) is 8.12. The van der Waals surface area contributed by atoms with Crippen LogP contribution in [0.3, 0.4) is 0 Å². The fourth-order valence-corrected chi connectivity index (χ4v) is 1.94. The number of ketones is 1. The second-order valence-electron chi connectivity index (χ2n) is 5.02. The molecule has 2 rings (SSSR count). The highest BCUT2D eigenvalue weighted by atomic mass is 16.6. The van der Waals surface area contributed by atoms with Gasteiger partial charge in [-0.2, -0.15) is 0 Å². The number of hydrogen-bond donors (Lipinski definition) is 0.